The quantitative estimate of drug-likeness (QED) is 0.614. The molecular formula is C17H16N2O3S. The fourth-order valence-corrected chi connectivity index (χ4v) is 3.11. The van der Waals surface area contributed by atoms with Crippen molar-refractivity contribution in [2.24, 2.45) is 5.92 Å². The third kappa shape index (κ3) is 3.82. The molecule has 0 bridgehead atoms. The third-order valence-corrected chi connectivity index (χ3v) is 4.71. The van der Waals surface area contributed by atoms with Gasteiger partial charge < -0.3 is 4.90 Å². The molecule has 2 heterocycles. The number of hydrogen-bond donors (Lipinski definition) is 0. The van der Waals surface area contributed by atoms with Crippen LogP contribution in [0.15, 0.2) is 30.0 Å². The van der Waals surface area contributed by atoms with E-state index in [1.165, 1.54) is 28.4 Å². The second kappa shape index (κ2) is 7.16. The number of thiophene rings is 1. The summed E-state index contributed by atoms with van der Waals surface area (Å²) >= 11 is 1.48. The molecule has 0 N–H and O–H groups in total. The number of nitriles is 1. The average molecular weight is 328 g/mol. The van der Waals surface area contributed by atoms with Gasteiger partial charge in [-0.05, 0) is 37.6 Å². The first-order valence-electron chi connectivity index (χ1n) is 7.11. The zero-order valence-corrected chi connectivity index (χ0v) is 13.7. The van der Waals surface area contributed by atoms with E-state index in [-0.39, 0.29) is 0 Å². The van der Waals surface area contributed by atoms with Crippen molar-refractivity contribution in [3.05, 3.63) is 39.7 Å². The number of hydrogen-bond acceptors (Lipinski definition) is 5. The summed E-state index contributed by atoms with van der Waals surface area (Å²) in [6.07, 6.45) is 5.34. The van der Waals surface area contributed by atoms with Crippen molar-refractivity contribution in [1.82, 2.24) is 4.90 Å². The van der Waals surface area contributed by atoms with Gasteiger partial charge in [0.05, 0.1) is 6.07 Å². The average Bonchev–Trinajstić information content (AvgIpc) is 2.96. The molecule has 1 aromatic heterocycles. The zero-order valence-electron chi connectivity index (χ0n) is 12.9. The molecule has 0 radical (unpaired) electrons. The normalized spacial score (nSPS) is 18.2. The van der Waals surface area contributed by atoms with Crippen molar-refractivity contribution in [1.29, 1.82) is 5.26 Å². The maximum Gasteiger partial charge on any atom is 0.245 e. The van der Waals surface area contributed by atoms with Gasteiger partial charge in [-0.15, -0.1) is 11.3 Å². The van der Waals surface area contributed by atoms with E-state index in [1.807, 2.05) is 12.1 Å². The van der Waals surface area contributed by atoms with Crippen LogP contribution in [0.3, 0.4) is 0 Å². The number of amides is 1. The molecular weight excluding hydrogens is 312 g/mol. The van der Waals surface area contributed by atoms with E-state index in [9.17, 15) is 14.4 Å². The molecule has 5 nitrogen and oxygen atoms in total. The van der Waals surface area contributed by atoms with Crippen LogP contribution in [-0.4, -0.2) is 29.4 Å². The van der Waals surface area contributed by atoms with Gasteiger partial charge in [-0.1, -0.05) is 0 Å². The number of carbonyl (C=O) groups is 3. The predicted molar refractivity (Wildman–Crippen MR) is 87.3 cm³/mol. The minimum atomic E-state index is -1.28. The standard InChI is InChI=1S/C17H16N2O3S/c1-11-10-15(21)16(17(22)19(11)2)14(20)8-7-13-6-5-12(23-13)4-3-9-18/h5-8,10,16H,3-4H2,1-2H3/b8-7+. The van der Waals surface area contributed by atoms with Crippen LogP contribution in [0.1, 0.15) is 23.1 Å². The van der Waals surface area contributed by atoms with E-state index in [0.29, 0.717) is 18.5 Å². The van der Waals surface area contributed by atoms with Crippen LogP contribution in [-0.2, 0) is 20.8 Å². The third-order valence-electron chi connectivity index (χ3n) is 3.60. The first kappa shape index (κ1) is 16.8. The molecule has 1 aliphatic heterocycles. The molecule has 118 valence electrons. The Hall–Kier alpha value is -2.52. The van der Waals surface area contributed by atoms with Crippen LogP contribution in [0.25, 0.3) is 6.08 Å². The van der Waals surface area contributed by atoms with Crippen LogP contribution in [0, 0.1) is 17.2 Å². The maximum atomic E-state index is 12.2. The lowest BCUT2D eigenvalue weighted by Crippen LogP contribution is -2.43. The first-order valence-corrected chi connectivity index (χ1v) is 7.93. The van der Waals surface area contributed by atoms with E-state index in [1.54, 1.807) is 20.0 Å². The molecule has 0 fully saturated rings. The summed E-state index contributed by atoms with van der Waals surface area (Å²) in [6.45, 7) is 1.65. The summed E-state index contributed by atoms with van der Waals surface area (Å²) in [5.74, 6) is -2.76. The number of allylic oxidation sites excluding steroid dienone is 3. The Labute approximate surface area is 138 Å². The number of carbonyl (C=O) groups excluding carboxylic acids is 3. The van der Waals surface area contributed by atoms with Crippen LogP contribution in [0.5, 0.6) is 0 Å². The van der Waals surface area contributed by atoms with Gasteiger partial charge in [0.15, 0.2) is 17.5 Å². The highest BCUT2D eigenvalue weighted by Crippen LogP contribution is 2.21. The highest BCUT2D eigenvalue weighted by atomic mass is 32.1. The lowest BCUT2D eigenvalue weighted by molar-refractivity contribution is -0.142. The Bertz CT molecular complexity index is 752. The number of aryl methyl sites for hydroxylation is 1. The van der Waals surface area contributed by atoms with Crippen molar-refractivity contribution >= 4 is 34.9 Å². The minimum Gasteiger partial charge on any atom is -0.318 e. The SMILES string of the molecule is CC1=CC(=O)C(C(=O)/C=C/c2ccc(CCC#N)s2)C(=O)N1C. The topological polar surface area (TPSA) is 78.2 Å². The molecule has 1 unspecified atom stereocenters. The molecule has 0 saturated carbocycles. The summed E-state index contributed by atoms with van der Waals surface area (Å²) < 4.78 is 0. The first-order chi connectivity index (χ1) is 10.9. The monoisotopic (exact) mass is 328 g/mol. The van der Waals surface area contributed by atoms with E-state index in [0.717, 1.165) is 9.75 Å². The maximum absolute atomic E-state index is 12.2. The molecule has 0 aromatic carbocycles. The van der Waals surface area contributed by atoms with E-state index < -0.39 is 23.4 Å². The van der Waals surface area contributed by atoms with Crippen LogP contribution >= 0.6 is 11.3 Å². The van der Waals surface area contributed by atoms with Crippen molar-refractivity contribution in [3.8, 4) is 6.07 Å². The van der Waals surface area contributed by atoms with Crippen molar-refractivity contribution in [2.75, 3.05) is 7.05 Å². The molecule has 6 heteroatoms. The Kier molecular flexibility index (Phi) is 5.24. The Morgan fingerprint density at radius 2 is 2.17 bits per heavy atom. The summed E-state index contributed by atoms with van der Waals surface area (Å²) in [7, 11) is 1.55. The fourth-order valence-electron chi connectivity index (χ4n) is 2.20. The molecule has 23 heavy (non-hydrogen) atoms. The van der Waals surface area contributed by atoms with Crippen LogP contribution < -0.4 is 0 Å². The molecule has 1 aliphatic rings. The van der Waals surface area contributed by atoms with Gasteiger partial charge in [0, 0.05) is 35.0 Å². The van der Waals surface area contributed by atoms with E-state index in [2.05, 4.69) is 6.07 Å². The molecule has 1 atom stereocenters. The summed E-state index contributed by atoms with van der Waals surface area (Å²) in [5.41, 5.74) is 0.536. The second-order valence-corrected chi connectivity index (χ2v) is 6.42. The summed E-state index contributed by atoms with van der Waals surface area (Å²) in [5, 5.41) is 8.57. The number of ketones is 2. The second-order valence-electron chi connectivity index (χ2n) is 5.22. The highest BCUT2D eigenvalue weighted by Gasteiger charge is 2.37. The van der Waals surface area contributed by atoms with Crippen molar-refractivity contribution in [3.63, 3.8) is 0 Å². The van der Waals surface area contributed by atoms with Crippen LogP contribution in [0.4, 0.5) is 0 Å². The summed E-state index contributed by atoms with van der Waals surface area (Å²) in [6, 6.07) is 5.84. The smallest absolute Gasteiger partial charge is 0.245 e. The largest absolute Gasteiger partial charge is 0.318 e. The van der Waals surface area contributed by atoms with Gasteiger partial charge in [0.2, 0.25) is 5.91 Å². The molecule has 0 spiro atoms. The highest BCUT2D eigenvalue weighted by molar-refractivity contribution is 7.12. The summed E-state index contributed by atoms with van der Waals surface area (Å²) in [4.78, 5) is 39.5. The van der Waals surface area contributed by atoms with Gasteiger partial charge in [-0.3, -0.25) is 14.4 Å². The molecule has 1 amide bonds. The van der Waals surface area contributed by atoms with E-state index in [4.69, 9.17) is 5.26 Å². The molecule has 1 aromatic rings. The van der Waals surface area contributed by atoms with Crippen LogP contribution in [0.2, 0.25) is 0 Å². The van der Waals surface area contributed by atoms with Gasteiger partial charge in [-0.2, -0.15) is 5.26 Å². The lowest BCUT2D eigenvalue weighted by atomic mass is 9.93. The molecule has 0 aliphatic carbocycles. The zero-order chi connectivity index (χ0) is 17.0. The number of rotatable bonds is 5. The molecule has 0 saturated heterocycles. The van der Waals surface area contributed by atoms with E-state index >= 15 is 0 Å². The van der Waals surface area contributed by atoms with Gasteiger partial charge in [0.1, 0.15) is 0 Å². The van der Waals surface area contributed by atoms with Crippen molar-refractivity contribution < 1.29 is 14.4 Å². The predicted octanol–water partition coefficient (Wildman–Crippen LogP) is 2.35. The Morgan fingerprint density at radius 1 is 1.43 bits per heavy atom. The lowest BCUT2D eigenvalue weighted by Gasteiger charge is -2.25. The Balaban J connectivity index is 2.09. The van der Waals surface area contributed by atoms with Gasteiger partial charge in [-0.25, -0.2) is 0 Å². The number of nitrogens with zero attached hydrogens (tertiary/aromatic N) is 2. The Morgan fingerprint density at radius 3 is 2.87 bits per heavy atom. The van der Waals surface area contributed by atoms with Crippen molar-refractivity contribution in [2.45, 2.75) is 19.8 Å². The molecule has 2 rings (SSSR count). The minimum absolute atomic E-state index is 0.450. The van der Waals surface area contributed by atoms with Gasteiger partial charge in [0.25, 0.3) is 0 Å². The van der Waals surface area contributed by atoms with Gasteiger partial charge >= 0.3 is 0 Å². The fraction of sp³-hybridized carbons (Fsp3) is 0.294.